The summed E-state index contributed by atoms with van der Waals surface area (Å²) in [5.41, 5.74) is 3.32. The molecule has 1 atom stereocenters. The minimum Gasteiger partial charge on any atom is -0.345 e. The average Bonchev–Trinajstić information content (AvgIpc) is 3.28. The van der Waals surface area contributed by atoms with Gasteiger partial charge in [-0.15, -0.1) is 5.10 Å². The van der Waals surface area contributed by atoms with Gasteiger partial charge in [0.25, 0.3) is 5.91 Å². The molecule has 0 spiro atoms. The maximum atomic E-state index is 13.0. The Hall–Kier alpha value is -3.98. The first kappa shape index (κ1) is 23.2. The Bertz CT molecular complexity index is 1230. The van der Waals surface area contributed by atoms with E-state index in [-0.39, 0.29) is 23.6 Å². The largest absolute Gasteiger partial charge is 0.345 e. The van der Waals surface area contributed by atoms with E-state index in [4.69, 9.17) is 0 Å². The van der Waals surface area contributed by atoms with Gasteiger partial charge in [-0.3, -0.25) is 9.59 Å². The Labute approximate surface area is 201 Å². The predicted octanol–water partition coefficient (Wildman–Crippen LogP) is 3.65. The third-order valence-electron chi connectivity index (χ3n) is 5.13. The molecule has 8 nitrogen and oxygen atoms in total. The van der Waals surface area contributed by atoms with Gasteiger partial charge < -0.3 is 10.6 Å². The van der Waals surface area contributed by atoms with Gasteiger partial charge in [0.15, 0.2) is 0 Å². The molecule has 2 N–H and O–H groups in total. The fourth-order valence-corrected chi connectivity index (χ4v) is 4.05. The second kappa shape index (κ2) is 11.2. The third kappa shape index (κ3) is 6.29. The van der Waals surface area contributed by atoms with Gasteiger partial charge in [-0.2, -0.15) is 0 Å². The van der Waals surface area contributed by atoms with Crippen molar-refractivity contribution in [3.8, 4) is 0 Å². The molecule has 4 aromatic rings. The quantitative estimate of drug-likeness (QED) is 0.361. The monoisotopic (exact) mass is 472 g/mol. The van der Waals surface area contributed by atoms with Gasteiger partial charge in [0.1, 0.15) is 0 Å². The maximum Gasteiger partial charge on any atom is 0.251 e. The highest BCUT2D eigenvalue weighted by molar-refractivity contribution is 7.99. The number of carbonyl (C=O) groups excluding carboxylic acids is 2. The van der Waals surface area contributed by atoms with Crippen molar-refractivity contribution in [1.29, 1.82) is 0 Å². The molecule has 9 heteroatoms. The topological polar surface area (TPSA) is 102 Å². The fraction of sp³-hybridized carbons (Fsp3) is 0.160. The lowest BCUT2D eigenvalue weighted by atomic mass is 9.98. The molecule has 0 saturated carbocycles. The van der Waals surface area contributed by atoms with Crippen LogP contribution in [0.3, 0.4) is 0 Å². The lowest BCUT2D eigenvalue weighted by molar-refractivity contribution is -0.113. The number of benzene rings is 3. The molecule has 0 radical (unpaired) electrons. The number of thioether (sulfide) groups is 1. The Morgan fingerprint density at radius 1 is 0.941 bits per heavy atom. The van der Waals surface area contributed by atoms with Crippen LogP contribution in [0.4, 0.5) is 5.69 Å². The number of tetrazole rings is 1. The van der Waals surface area contributed by atoms with E-state index in [1.807, 2.05) is 48.5 Å². The van der Waals surface area contributed by atoms with Crippen molar-refractivity contribution in [3.05, 3.63) is 102 Å². The average molecular weight is 473 g/mol. The summed E-state index contributed by atoms with van der Waals surface area (Å²) < 4.78 is 1.51. The Morgan fingerprint density at radius 3 is 2.26 bits per heavy atom. The second-order valence-corrected chi connectivity index (χ2v) is 8.57. The summed E-state index contributed by atoms with van der Waals surface area (Å²) in [5.74, 6) is -0.181. The maximum absolute atomic E-state index is 13.0. The van der Waals surface area contributed by atoms with Crippen LogP contribution in [-0.2, 0) is 18.3 Å². The van der Waals surface area contributed by atoms with E-state index < -0.39 is 0 Å². The van der Waals surface area contributed by atoms with E-state index in [2.05, 4.69) is 38.3 Å². The normalized spacial score (nSPS) is 11.6. The first-order valence-electron chi connectivity index (χ1n) is 10.7. The first-order valence-corrected chi connectivity index (χ1v) is 11.7. The minimum atomic E-state index is -0.183. The van der Waals surface area contributed by atoms with Crippen LogP contribution >= 0.6 is 11.8 Å². The van der Waals surface area contributed by atoms with E-state index in [0.717, 1.165) is 11.1 Å². The van der Waals surface area contributed by atoms with Crippen LogP contribution in [0.1, 0.15) is 27.5 Å². The summed E-state index contributed by atoms with van der Waals surface area (Å²) in [5, 5.41) is 17.6. The number of aryl methyl sites for hydroxylation is 1. The molecule has 2 amide bonds. The van der Waals surface area contributed by atoms with Crippen LogP contribution < -0.4 is 10.6 Å². The van der Waals surface area contributed by atoms with Gasteiger partial charge in [-0.05, 0) is 52.2 Å². The lowest BCUT2D eigenvalue weighted by Gasteiger charge is -2.20. The Morgan fingerprint density at radius 2 is 1.62 bits per heavy atom. The van der Waals surface area contributed by atoms with Crippen LogP contribution in [0.15, 0.2) is 90.1 Å². The van der Waals surface area contributed by atoms with Crippen LogP contribution in [0.5, 0.6) is 0 Å². The smallest absolute Gasteiger partial charge is 0.251 e. The van der Waals surface area contributed by atoms with Crippen molar-refractivity contribution in [3.63, 3.8) is 0 Å². The number of aromatic nitrogens is 4. The summed E-state index contributed by atoms with van der Waals surface area (Å²) in [6, 6.07) is 26.7. The number of hydrogen-bond acceptors (Lipinski definition) is 6. The fourth-order valence-electron chi connectivity index (χ4n) is 3.40. The van der Waals surface area contributed by atoms with Crippen LogP contribution in [0.25, 0.3) is 0 Å². The highest BCUT2D eigenvalue weighted by atomic mass is 32.2. The van der Waals surface area contributed by atoms with Gasteiger partial charge in [0.2, 0.25) is 11.1 Å². The Kier molecular flexibility index (Phi) is 7.67. The van der Waals surface area contributed by atoms with Crippen molar-refractivity contribution < 1.29 is 9.59 Å². The number of anilines is 1. The van der Waals surface area contributed by atoms with Gasteiger partial charge in [-0.25, -0.2) is 4.68 Å². The standard InChI is InChI=1S/C25H24N6O2S/c1-31-25(28-29-30-31)34-17-23(32)26-21-14-12-20(13-15-21)24(33)27-22(19-10-6-3-7-11-19)16-18-8-4-2-5-9-18/h2-15,22H,16-17H2,1H3,(H,26,32)(H,27,33). The molecule has 0 fully saturated rings. The molecule has 172 valence electrons. The van der Waals surface area contributed by atoms with Crippen molar-refractivity contribution in [1.82, 2.24) is 25.5 Å². The zero-order chi connectivity index (χ0) is 23.8. The zero-order valence-corrected chi connectivity index (χ0v) is 19.4. The highest BCUT2D eigenvalue weighted by Crippen LogP contribution is 2.20. The van der Waals surface area contributed by atoms with Gasteiger partial charge in [-0.1, -0.05) is 72.4 Å². The van der Waals surface area contributed by atoms with Gasteiger partial charge in [0.05, 0.1) is 11.8 Å². The molecule has 1 heterocycles. The minimum absolute atomic E-state index is 0.164. The Balaban J connectivity index is 1.37. The third-order valence-corrected chi connectivity index (χ3v) is 6.14. The summed E-state index contributed by atoms with van der Waals surface area (Å²) in [4.78, 5) is 25.2. The molecule has 4 rings (SSSR count). The predicted molar refractivity (Wildman–Crippen MR) is 131 cm³/mol. The number of nitrogens with zero attached hydrogens (tertiary/aromatic N) is 4. The molecular weight excluding hydrogens is 448 g/mol. The van der Waals surface area contributed by atoms with E-state index >= 15 is 0 Å². The van der Waals surface area contributed by atoms with Crippen LogP contribution in [-0.4, -0.2) is 37.8 Å². The molecule has 1 aromatic heterocycles. The molecule has 1 unspecified atom stereocenters. The second-order valence-electron chi connectivity index (χ2n) is 7.63. The van der Waals surface area contributed by atoms with Gasteiger partial charge >= 0.3 is 0 Å². The molecule has 0 aliphatic carbocycles. The zero-order valence-electron chi connectivity index (χ0n) is 18.6. The molecule has 0 aliphatic rings. The van der Waals surface area contributed by atoms with Crippen LogP contribution in [0.2, 0.25) is 0 Å². The van der Waals surface area contributed by atoms with E-state index in [9.17, 15) is 9.59 Å². The first-order chi connectivity index (χ1) is 16.6. The van der Waals surface area contributed by atoms with Crippen molar-refractivity contribution in [2.24, 2.45) is 7.05 Å². The number of nitrogens with one attached hydrogen (secondary N) is 2. The van der Waals surface area contributed by atoms with Crippen molar-refractivity contribution >= 4 is 29.3 Å². The SMILES string of the molecule is Cn1nnnc1SCC(=O)Nc1ccc(C(=O)NC(Cc2ccccc2)c2ccccc2)cc1. The van der Waals surface area contributed by atoms with E-state index in [0.29, 0.717) is 22.8 Å². The van der Waals surface area contributed by atoms with Crippen LogP contribution in [0, 0.1) is 0 Å². The summed E-state index contributed by atoms with van der Waals surface area (Å²) in [6.07, 6.45) is 0.684. The number of amides is 2. The summed E-state index contributed by atoms with van der Waals surface area (Å²) >= 11 is 1.25. The number of hydrogen-bond donors (Lipinski definition) is 2. The summed E-state index contributed by atoms with van der Waals surface area (Å²) in [6.45, 7) is 0. The van der Waals surface area contributed by atoms with Gasteiger partial charge in [0, 0.05) is 18.3 Å². The van der Waals surface area contributed by atoms with E-state index in [1.165, 1.54) is 16.4 Å². The van der Waals surface area contributed by atoms with Crippen molar-refractivity contribution in [2.75, 3.05) is 11.1 Å². The molecule has 0 aliphatic heterocycles. The van der Waals surface area contributed by atoms with Crippen molar-refractivity contribution in [2.45, 2.75) is 17.6 Å². The highest BCUT2D eigenvalue weighted by Gasteiger charge is 2.17. The van der Waals surface area contributed by atoms with E-state index in [1.54, 1.807) is 31.3 Å². The summed E-state index contributed by atoms with van der Waals surface area (Å²) in [7, 11) is 1.71. The molecule has 3 aromatic carbocycles. The number of carbonyl (C=O) groups is 2. The molecule has 0 saturated heterocycles. The molecule has 0 bridgehead atoms. The molecular formula is C25H24N6O2S. The molecule has 34 heavy (non-hydrogen) atoms. The number of rotatable bonds is 9. The lowest BCUT2D eigenvalue weighted by Crippen LogP contribution is -2.30.